The Morgan fingerprint density at radius 2 is 1.92 bits per heavy atom. The van der Waals surface area contributed by atoms with Crippen LogP contribution in [0.2, 0.25) is 0 Å². The van der Waals surface area contributed by atoms with Gasteiger partial charge in [0, 0.05) is 13.6 Å². The molecular weight excluding hydrogens is 218 g/mol. The fourth-order valence-electron chi connectivity index (χ4n) is 0.866. The largest absolute Gasteiger partial charge is 0.345 e. The number of alkyl halides is 1. The predicted octanol–water partition coefficient (Wildman–Crippen LogP) is 2.27. The summed E-state index contributed by atoms with van der Waals surface area (Å²) in [5.74, 6) is 0.821. The van der Waals surface area contributed by atoms with Gasteiger partial charge in [-0.25, -0.2) is 0 Å². The fourth-order valence-corrected chi connectivity index (χ4v) is 1.22. The van der Waals surface area contributed by atoms with Gasteiger partial charge in [-0.15, -0.1) is 0 Å². The fraction of sp³-hybridized carbons (Fsp3) is 0.889. The van der Waals surface area contributed by atoms with Gasteiger partial charge in [0.15, 0.2) is 0 Å². The zero-order valence-corrected chi connectivity index (χ0v) is 9.89. The quantitative estimate of drug-likeness (QED) is 0.686. The first kappa shape index (κ1) is 11.9. The Morgan fingerprint density at radius 3 is 2.25 bits per heavy atom. The minimum absolute atomic E-state index is 0.0605. The summed E-state index contributed by atoms with van der Waals surface area (Å²) in [5.41, 5.74) is 0. The Balaban J connectivity index is 3.72. The van der Waals surface area contributed by atoms with E-state index in [0.717, 1.165) is 13.0 Å². The highest BCUT2D eigenvalue weighted by Gasteiger charge is 2.13. The van der Waals surface area contributed by atoms with E-state index in [4.69, 9.17) is 0 Å². The normalized spacial score (nSPS) is 13.2. The minimum atomic E-state index is -0.0605. The number of nitrogens with zero attached hydrogens (tertiary/aromatic N) is 1. The molecule has 0 heterocycles. The molecule has 0 aliphatic rings. The molecule has 2 nitrogen and oxygen atoms in total. The van der Waals surface area contributed by atoms with Crippen LogP contribution in [0, 0.1) is 5.92 Å². The summed E-state index contributed by atoms with van der Waals surface area (Å²) in [5, 5.41) is 0. The molecule has 0 N–H and O–H groups in total. The zero-order chi connectivity index (χ0) is 9.72. The van der Waals surface area contributed by atoms with E-state index >= 15 is 0 Å². The molecule has 1 atom stereocenters. The summed E-state index contributed by atoms with van der Waals surface area (Å²) in [6.07, 6.45) is 1.07. The molecule has 0 aromatic carbocycles. The molecule has 1 unspecified atom stereocenters. The van der Waals surface area contributed by atoms with Crippen molar-refractivity contribution in [3.8, 4) is 0 Å². The molecule has 12 heavy (non-hydrogen) atoms. The predicted molar refractivity (Wildman–Crippen MR) is 55.5 cm³/mol. The highest BCUT2D eigenvalue weighted by atomic mass is 79.9. The number of halogens is 1. The molecule has 0 bridgehead atoms. The van der Waals surface area contributed by atoms with Crippen LogP contribution in [0.15, 0.2) is 0 Å². The van der Waals surface area contributed by atoms with Crippen molar-refractivity contribution in [2.75, 3.05) is 13.6 Å². The van der Waals surface area contributed by atoms with Gasteiger partial charge in [-0.05, 0) is 19.3 Å². The van der Waals surface area contributed by atoms with Gasteiger partial charge in [-0.1, -0.05) is 29.8 Å². The number of amides is 1. The van der Waals surface area contributed by atoms with E-state index in [9.17, 15) is 4.79 Å². The van der Waals surface area contributed by atoms with Crippen molar-refractivity contribution in [2.45, 2.75) is 32.0 Å². The Labute approximate surface area is 83.4 Å². The van der Waals surface area contributed by atoms with E-state index in [1.807, 2.05) is 14.0 Å². The topological polar surface area (TPSA) is 20.3 Å². The second kappa shape index (κ2) is 5.57. The Bertz CT molecular complexity index is 145. The Hall–Kier alpha value is -0.0500. The molecule has 0 spiro atoms. The van der Waals surface area contributed by atoms with Crippen LogP contribution in [0.4, 0.5) is 0 Å². The van der Waals surface area contributed by atoms with Crippen LogP contribution < -0.4 is 0 Å². The number of hydrogen-bond acceptors (Lipinski definition) is 1. The lowest BCUT2D eigenvalue weighted by Crippen LogP contribution is -2.33. The van der Waals surface area contributed by atoms with Gasteiger partial charge in [0.05, 0.1) is 4.83 Å². The Kier molecular flexibility index (Phi) is 5.55. The molecule has 0 saturated heterocycles. The maximum Gasteiger partial charge on any atom is 0.235 e. The molecule has 72 valence electrons. The van der Waals surface area contributed by atoms with E-state index in [-0.39, 0.29) is 10.7 Å². The summed E-state index contributed by atoms with van der Waals surface area (Å²) in [6, 6.07) is 0. The summed E-state index contributed by atoms with van der Waals surface area (Å²) in [7, 11) is 1.85. The van der Waals surface area contributed by atoms with Gasteiger partial charge in [-0.2, -0.15) is 0 Å². The molecule has 1 amide bonds. The summed E-state index contributed by atoms with van der Waals surface area (Å²) in [6.45, 7) is 7.03. The van der Waals surface area contributed by atoms with Crippen molar-refractivity contribution >= 4 is 21.8 Å². The first-order chi connectivity index (χ1) is 5.45. The lowest BCUT2D eigenvalue weighted by Gasteiger charge is -2.19. The first-order valence-corrected chi connectivity index (χ1v) is 5.25. The summed E-state index contributed by atoms with van der Waals surface area (Å²) >= 11 is 3.26. The molecule has 0 aliphatic carbocycles. The summed E-state index contributed by atoms with van der Waals surface area (Å²) < 4.78 is 0. The van der Waals surface area contributed by atoms with Crippen molar-refractivity contribution in [1.82, 2.24) is 4.90 Å². The highest BCUT2D eigenvalue weighted by Crippen LogP contribution is 2.05. The molecule has 0 radical (unpaired) electrons. The average Bonchev–Trinajstić information content (AvgIpc) is 1.98. The van der Waals surface area contributed by atoms with Crippen molar-refractivity contribution in [3.63, 3.8) is 0 Å². The van der Waals surface area contributed by atoms with Crippen LogP contribution in [-0.2, 0) is 4.79 Å². The van der Waals surface area contributed by atoms with Crippen LogP contribution >= 0.6 is 15.9 Å². The molecule has 0 rings (SSSR count). The number of carbonyl (C=O) groups excluding carboxylic acids is 1. The second-order valence-corrected chi connectivity index (χ2v) is 4.93. The lowest BCUT2D eigenvalue weighted by molar-refractivity contribution is -0.129. The molecule has 0 aliphatic heterocycles. The minimum Gasteiger partial charge on any atom is -0.345 e. The van der Waals surface area contributed by atoms with E-state index in [1.165, 1.54) is 0 Å². The third-order valence-corrected chi connectivity index (χ3v) is 2.15. The summed E-state index contributed by atoms with van der Waals surface area (Å²) in [4.78, 5) is 13.1. The highest BCUT2D eigenvalue weighted by molar-refractivity contribution is 9.10. The monoisotopic (exact) mass is 235 g/mol. The van der Waals surface area contributed by atoms with Crippen LogP contribution in [0.25, 0.3) is 0 Å². The molecule has 0 aromatic heterocycles. The van der Waals surface area contributed by atoms with E-state index in [2.05, 4.69) is 29.8 Å². The number of carbonyl (C=O) groups is 1. The van der Waals surface area contributed by atoms with E-state index in [0.29, 0.717) is 5.92 Å². The lowest BCUT2D eigenvalue weighted by atomic mass is 10.1. The van der Waals surface area contributed by atoms with Crippen molar-refractivity contribution in [2.24, 2.45) is 5.92 Å². The zero-order valence-electron chi connectivity index (χ0n) is 8.30. The van der Waals surface area contributed by atoms with Gasteiger partial charge < -0.3 is 4.90 Å². The third kappa shape index (κ3) is 4.75. The number of rotatable bonds is 4. The number of hydrogen-bond donors (Lipinski definition) is 0. The van der Waals surface area contributed by atoms with Gasteiger partial charge in [-0.3, -0.25) is 4.79 Å². The van der Waals surface area contributed by atoms with E-state index in [1.54, 1.807) is 4.90 Å². The smallest absolute Gasteiger partial charge is 0.235 e. The van der Waals surface area contributed by atoms with Gasteiger partial charge in [0.2, 0.25) is 5.91 Å². The molecule has 0 fully saturated rings. The molecule has 0 saturated carbocycles. The second-order valence-electron chi connectivity index (χ2n) is 3.56. The Morgan fingerprint density at radius 1 is 1.42 bits per heavy atom. The maximum atomic E-state index is 11.3. The molecule has 3 heteroatoms. The SMILES string of the molecule is CC(C)CCN(C)C(=O)C(C)Br. The van der Waals surface area contributed by atoms with Crippen molar-refractivity contribution < 1.29 is 4.79 Å². The van der Waals surface area contributed by atoms with Crippen LogP contribution in [0.3, 0.4) is 0 Å². The van der Waals surface area contributed by atoms with Gasteiger partial charge >= 0.3 is 0 Å². The van der Waals surface area contributed by atoms with Crippen molar-refractivity contribution in [3.05, 3.63) is 0 Å². The third-order valence-electron chi connectivity index (χ3n) is 1.76. The van der Waals surface area contributed by atoms with Gasteiger partial charge in [0.25, 0.3) is 0 Å². The van der Waals surface area contributed by atoms with Crippen LogP contribution in [-0.4, -0.2) is 29.2 Å². The van der Waals surface area contributed by atoms with Crippen LogP contribution in [0.1, 0.15) is 27.2 Å². The maximum absolute atomic E-state index is 11.3. The van der Waals surface area contributed by atoms with Gasteiger partial charge in [0.1, 0.15) is 0 Å². The van der Waals surface area contributed by atoms with E-state index < -0.39 is 0 Å². The molecule has 0 aromatic rings. The first-order valence-electron chi connectivity index (χ1n) is 4.34. The standard InChI is InChI=1S/C9H18BrNO/c1-7(2)5-6-11(4)9(12)8(3)10/h7-8H,5-6H2,1-4H3. The van der Waals surface area contributed by atoms with Crippen LogP contribution in [0.5, 0.6) is 0 Å². The van der Waals surface area contributed by atoms with Crippen molar-refractivity contribution in [1.29, 1.82) is 0 Å². The average molecular weight is 236 g/mol. The molecular formula is C9H18BrNO.